The molecular weight excluding hydrogens is 273 g/mol. The van der Waals surface area contributed by atoms with Crippen molar-refractivity contribution in [3.8, 4) is 5.75 Å². The van der Waals surface area contributed by atoms with Gasteiger partial charge in [-0.05, 0) is 6.07 Å². The Kier molecular flexibility index (Phi) is 4.63. The number of ether oxygens (including phenoxy) is 2. The van der Waals surface area contributed by atoms with Gasteiger partial charge in [0.1, 0.15) is 18.2 Å². The average Bonchev–Trinajstić information content (AvgIpc) is 2.32. The van der Waals surface area contributed by atoms with Crippen molar-refractivity contribution in [1.29, 1.82) is 0 Å². The number of alkyl carbamates (subject to hydrolysis) is 1. The molecule has 6 heteroatoms. The van der Waals surface area contributed by atoms with Gasteiger partial charge in [0.2, 0.25) is 0 Å². The maximum atomic E-state index is 13.2. The summed E-state index contributed by atoms with van der Waals surface area (Å²) in [5, 5.41) is 2.75. The zero-order chi connectivity index (χ0) is 13.3. The third-order valence-electron chi connectivity index (χ3n) is 3.13. The minimum Gasteiger partial charge on any atom is -0.496 e. The number of cyclic esters (lactones) is 1. The van der Waals surface area contributed by atoms with E-state index in [1.807, 2.05) is 13.8 Å². The number of nitrogens with one attached hydrogen (secondary N) is 1. The highest BCUT2D eigenvalue weighted by atomic mass is 35.5. The van der Waals surface area contributed by atoms with E-state index in [-0.39, 0.29) is 29.7 Å². The Morgan fingerprint density at radius 1 is 1.47 bits per heavy atom. The van der Waals surface area contributed by atoms with E-state index in [9.17, 15) is 9.18 Å². The minimum absolute atomic E-state index is 0. The van der Waals surface area contributed by atoms with Crippen LogP contribution in [-0.4, -0.2) is 19.8 Å². The lowest BCUT2D eigenvalue weighted by atomic mass is 9.80. The molecule has 0 spiro atoms. The van der Waals surface area contributed by atoms with Crippen molar-refractivity contribution < 1.29 is 18.7 Å². The lowest BCUT2D eigenvalue weighted by Crippen LogP contribution is -2.47. The molecule has 2 rings (SSSR count). The Bertz CT molecular complexity index is 479. The molecule has 4 nitrogen and oxygen atoms in total. The summed E-state index contributed by atoms with van der Waals surface area (Å²) in [6, 6.07) is 4.03. The van der Waals surface area contributed by atoms with Crippen LogP contribution in [0.4, 0.5) is 9.18 Å². The number of halogens is 2. The van der Waals surface area contributed by atoms with Crippen LogP contribution in [-0.2, 0) is 4.74 Å². The second-order valence-electron chi connectivity index (χ2n) is 5.03. The molecule has 0 bridgehead atoms. The van der Waals surface area contributed by atoms with E-state index in [1.54, 1.807) is 6.07 Å². The maximum absolute atomic E-state index is 13.2. The molecule has 19 heavy (non-hydrogen) atoms. The van der Waals surface area contributed by atoms with Crippen molar-refractivity contribution in [2.75, 3.05) is 13.7 Å². The topological polar surface area (TPSA) is 47.6 Å². The van der Waals surface area contributed by atoms with Gasteiger partial charge >= 0.3 is 6.09 Å². The molecule has 1 aliphatic heterocycles. The highest BCUT2D eigenvalue weighted by Gasteiger charge is 2.39. The van der Waals surface area contributed by atoms with Crippen molar-refractivity contribution in [2.45, 2.75) is 19.9 Å². The summed E-state index contributed by atoms with van der Waals surface area (Å²) < 4.78 is 23.3. The van der Waals surface area contributed by atoms with E-state index in [2.05, 4.69) is 5.32 Å². The van der Waals surface area contributed by atoms with Crippen molar-refractivity contribution in [3.05, 3.63) is 29.6 Å². The first kappa shape index (κ1) is 15.6. The van der Waals surface area contributed by atoms with E-state index in [1.165, 1.54) is 19.2 Å². The quantitative estimate of drug-likeness (QED) is 0.910. The molecule has 1 amide bonds. The maximum Gasteiger partial charge on any atom is 0.407 e. The molecule has 0 radical (unpaired) electrons. The molecule has 1 heterocycles. The van der Waals surface area contributed by atoms with E-state index >= 15 is 0 Å². The largest absolute Gasteiger partial charge is 0.496 e. The second-order valence-corrected chi connectivity index (χ2v) is 5.03. The molecule has 0 unspecified atom stereocenters. The molecule has 1 aromatic rings. The Morgan fingerprint density at radius 2 is 2.16 bits per heavy atom. The number of hydrogen-bond donors (Lipinski definition) is 1. The first-order valence-corrected chi connectivity index (χ1v) is 5.71. The SMILES string of the molecule is COc1cc(F)ccc1[C@H]1NC(=O)OCC1(C)C.Cl. The molecule has 1 aliphatic rings. The lowest BCUT2D eigenvalue weighted by molar-refractivity contribution is 0.0381. The summed E-state index contributed by atoms with van der Waals surface area (Å²) in [7, 11) is 1.48. The Morgan fingerprint density at radius 3 is 2.79 bits per heavy atom. The first-order chi connectivity index (χ1) is 8.44. The summed E-state index contributed by atoms with van der Waals surface area (Å²) in [5.74, 6) is 0.0575. The van der Waals surface area contributed by atoms with Gasteiger partial charge in [0.25, 0.3) is 0 Å². The molecule has 0 saturated carbocycles. The number of rotatable bonds is 2. The van der Waals surface area contributed by atoms with E-state index in [0.29, 0.717) is 12.4 Å². The fourth-order valence-corrected chi connectivity index (χ4v) is 2.11. The van der Waals surface area contributed by atoms with Gasteiger partial charge in [-0.3, -0.25) is 0 Å². The molecule has 0 aromatic heterocycles. The molecular formula is C13H17ClFNO3. The third-order valence-corrected chi connectivity index (χ3v) is 3.13. The van der Waals surface area contributed by atoms with Crippen molar-refractivity contribution in [3.63, 3.8) is 0 Å². The standard InChI is InChI=1S/C13H16FNO3.ClH/c1-13(2)7-18-12(16)15-11(13)9-5-4-8(14)6-10(9)17-3;/h4-6,11H,7H2,1-3H3,(H,15,16);1H/t11-;/m1./s1. The zero-order valence-corrected chi connectivity index (χ0v) is 11.8. The van der Waals surface area contributed by atoms with Crippen LogP contribution in [0.15, 0.2) is 18.2 Å². The fraction of sp³-hybridized carbons (Fsp3) is 0.462. The van der Waals surface area contributed by atoms with Crippen LogP contribution in [0.3, 0.4) is 0 Å². The number of hydrogen-bond acceptors (Lipinski definition) is 3. The van der Waals surface area contributed by atoms with Gasteiger partial charge in [-0.1, -0.05) is 19.9 Å². The molecule has 1 atom stereocenters. The molecule has 0 aliphatic carbocycles. The zero-order valence-electron chi connectivity index (χ0n) is 11.0. The first-order valence-electron chi connectivity index (χ1n) is 5.71. The van der Waals surface area contributed by atoms with E-state index in [0.717, 1.165) is 5.56 Å². The van der Waals surface area contributed by atoms with Gasteiger partial charge in [-0.2, -0.15) is 0 Å². The van der Waals surface area contributed by atoms with Crippen molar-refractivity contribution in [1.82, 2.24) is 5.32 Å². The highest BCUT2D eigenvalue weighted by molar-refractivity contribution is 5.85. The van der Waals surface area contributed by atoms with E-state index in [4.69, 9.17) is 9.47 Å². The predicted molar refractivity (Wildman–Crippen MR) is 71.2 cm³/mol. The molecule has 1 fully saturated rings. The van der Waals surface area contributed by atoms with Crippen LogP contribution in [0.2, 0.25) is 0 Å². The molecule has 1 aromatic carbocycles. The van der Waals surface area contributed by atoms with Crippen LogP contribution in [0, 0.1) is 11.2 Å². The third kappa shape index (κ3) is 3.10. The van der Waals surface area contributed by atoms with Gasteiger partial charge in [0, 0.05) is 17.0 Å². The molecule has 106 valence electrons. The summed E-state index contributed by atoms with van der Waals surface area (Å²) in [4.78, 5) is 11.4. The number of benzene rings is 1. The summed E-state index contributed by atoms with van der Waals surface area (Å²) in [5.41, 5.74) is 0.458. The normalized spacial score (nSPS) is 20.8. The summed E-state index contributed by atoms with van der Waals surface area (Å²) in [6.45, 7) is 4.25. The van der Waals surface area contributed by atoms with Crippen LogP contribution < -0.4 is 10.1 Å². The Balaban J connectivity index is 0.00000180. The molecule has 1 N–H and O–H groups in total. The minimum atomic E-state index is -0.467. The lowest BCUT2D eigenvalue weighted by Gasteiger charge is -2.39. The second kappa shape index (κ2) is 5.65. The predicted octanol–water partition coefficient (Wildman–Crippen LogP) is 3.06. The van der Waals surface area contributed by atoms with Gasteiger partial charge in [0.15, 0.2) is 0 Å². The number of amides is 1. The van der Waals surface area contributed by atoms with Crippen molar-refractivity contribution >= 4 is 18.5 Å². The van der Waals surface area contributed by atoms with Crippen LogP contribution in [0.25, 0.3) is 0 Å². The van der Waals surface area contributed by atoms with Gasteiger partial charge < -0.3 is 14.8 Å². The van der Waals surface area contributed by atoms with Crippen LogP contribution in [0.5, 0.6) is 5.75 Å². The molecule has 1 saturated heterocycles. The number of carbonyl (C=O) groups is 1. The van der Waals surface area contributed by atoms with Gasteiger partial charge in [-0.25, -0.2) is 9.18 Å². The van der Waals surface area contributed by atoms with Crippen LogP contribution >= 0.6 is 12.4 Å². The summed E-state index contributed by atoms with van der Waals surface area (Å²) in [6.07, 6.45) is -0.467. The van der Waals surface area contributed by atoms with E-state index < -0.39 is 6.09 Å². The van der Waals surface area contributed by atoms with Crippen LogP contribution in [0.1, 0.15) is 25.5 Å². The van der Waals surface area contributed by atoms with Crippen molar-refractivity contribution in [2.24, 2.45) is 5.41 Å². The van der Waals surface area contributed by atoms with Gasteiger partial charge in [-0.15, -0.1) is 12.4 Å². The Hall–Kier alpha value is -1.49. The monoisotopic (exact) mass is 289 g/mol. The number of methoxy groups -OCH3 is 1. The number of carbonyl (C=O) groups excluding carboxylic acids is 1. The van der Waals surface area contributed by atoms with Gasteiger partial charge in [0.05, 0.1) is 13.2 Å². The highest BCUT2D eigenvalue weighted by Crippen LogP contribution is 2.40. The smallest absolute Gasteiger partial charge is 0.407 e. The fourth-order valence-electron chi connectivity index (χ4n) is 2.11. The summed E-state index contributed by atoms with van der Waals surface area (Å²) >= 11 is 0. The average molecular weight is 290 g/mol. The Labute approximate surface area is 117 Å².